The van der Waals surface area contributed by atoms with Gasteiger partial charge in [-0.3, -0.25) is 14.5 Å². The molecule has 4 rings (SSSR count). The van der Waals surface area contributed by atoms with Crippen molar-refractivity contribution in [3.63, 3.8) is 0 Å². The molecular formula is C25H31N3O5S. The molecule has 1 amide bonds. The van der Waals surface area contributed by atoms with Crippen molar-refractivity contribution in [1.82, 2.24) is 9.21 Å². The number of benzene rings is 2. The normalized spacial score (nSPS) is 18.8. The molecule has 2 aliphatic heterocycles. The first-order chi connectivity index (χ1) is 16.2. The number of Topliss-reactive ketones (excluding diaryl/α,β-unsaturated/α-hetero) is 1. The lowest BCUT2D eigenvalue weighted by Gasteiger charge is -2.42. The van der Waals surface area contributed by atoms with E-state index < -0.39 is 15.7 Å². The van der Waals surface area contributed by atoms with Crippen LogP contribution in [0.25, 0.3) is 0 Å². The van der Waals surface area contributed by atoms with Crippen molar-refractivity contribution in [1.29, 1.82) is 0 Å². The van der Waals surface area contributed by atoms with E-state index in [9.17, 15) is 18.0 Å². The Morgan fingerprint density at radius 1 is 0.941 bits per heavy atom. The van der Waals surface area contributed by atoms with Crippen LogP contribution in [-0.4, -0.2) is 61.3 Å². The number of anilines is 1. The number of nitrogens with zero attached hydrogens (tertiary/aromatic N) is 2. The maximum Gasteiger partial charge on any atom is 0.245 e. The van der Waals surface area contributed by atoms with Crippen molar-refractivity contribution in [2.24, 2.45) is 0 Å². The molecule has 34 heavy (non-hydrogen) atoms. The van der Waals surface area contributed by atoms with E-state index in [1.165, 1.54) is 18.2 Å². The Morgan fingerprint density at radius 2 is 1.56 bits per heavy atom. The average Bonchev–Trinajstić information content (AvgIpc) is 3.20. The molecule has 2 heterocycles. The molecule has 2 aliphatic rings. The van der Waals surface area contributed by atoms with E-state index >= 15 is 0 Å². The highest BCUT2D eigenvalue weighted by Gasteiger charge is 2.50. The number of piperidine rings is 1. The van der Waals surface area contributed by atoms with E-state index in [0.717, 1.165) is 36.4 Å². The smallest absolute Gasteiger partial charge is 0.245 e. The van der Waals surface area contributed by atoms with Crippen LogP contribution >= 0.6 is 0 Å². The Balaban J connectivity index is 1.41. The molecule has 0 saturated carbocycles. The van der Waals surface area contributed by atoms with Gasteiger partial charge in [-0.25, -0.2) is 8.42 Å². The van der Waals surface area contributed by atoms with Crippen LogP contribution in [0.3, 0.4) is 0 Å². The summed E-state index contributed by atoms with van der Waals surface area (Å²) >= 11 is 0. The van der Waals surface area contributed by atoms with Crippen molar-refractivity contribution in [2.45, 2.75) is 50.3 Å². The Kier molecular flexibility index (Phi) is 7.18. The van der Waals surface area contributed by atoms with Crippen molar-refractivity contribution in [2.75, 3.05) is 31.6 Å². The Bertz CT molecular complexity index is 1140. The molecule has 0 aromatic heterocycles. The summed E-state index contributed by atoms with van der Waals surface area (Å²) in [4.78, 5) is 25.0. The van der Waals surface area contributed by atoms with Crippen LogP contribution in [0.15, 0.2) is 53.4 Å². The van der Waals surface area contributed by atoms with Crippen molar-refractivity contribution in [3.05, 3.63) is 59.7 Å². The second kappa shape index (κ2) is 9.95. The fourth-order valence-electron chi connectivity index (χ4n) is 4.74. The van der Waals surface area contributed by atoms with Gasteiger partial charge < -0.3 is 10.1 Å². The lowest BCUT2D eigenvalue weighted by atomic mass is 10.00. The molecule has 0 atom stereocenters. The third-order valence-corrected chi connectivity index (χ3v) is 8.37. The second-order valence-electron chi connectivity index (χ2n) is 9.05. The number of amides is 1. The van der Waals surface area contributed by atoms with E-state index in [4.69, 9.17) is 4.74 Å². The fourth-order valence-corrected chi connectivity index (χ4v) is 6.46. The maximum atomic E-state index is 13.5. The standard InChI is InChI=1S/C25H31N3O5S/c1-19(29)17-21-5-9-24(10-6-21)34(31,32)28-15-16-33-25(28)11-13-27(14-12-25)18-22-3-7-23(8-4-22)26-20(2)30/h3-10H,11-18H2,1-2H3,(H,26,30). The second-order valence-corrected chi connectivity index (χ2v) is 10.9. The molecule has 1 spiro atoms. The molecule has 0 unspecified atom stereocenters. The minimum atomic E-state index is -3.71. The first kappa shape index (κ1) is 24.5. The van der Waals surface area contributed by atoms with Gasteiger partial charge in [-0.1, -0.05) is 24.3 Å². The van der Waals surface area contributed by atoms with Gasteiger partial charge in [-0.15, -0.1) is 0 Å². The molecule has 8 nitrogen and oxygen atoms in total. The highest BCUT2D eigenvalue weighted by molar-refractivity contribution is 7.89. The molecule has 9 heteroatoms. The van der Waals surface area contributed by atoms with Crippen LogP contribution in [0.1, 0.15) is 37.8 Å². The summed E-state index contributed by atoms with van der Waals surface area (Å²) in [6.07, 6.45) is 1.49. The number of rotatable bonds is 7. The van der Waals surface area contributed by atoms with E-state index in [1.807, 2.05) is 24.3 Å². The summed E-state index contributed by atoms with van der Waals surface area (Å²) < 4.78 is 34.5. The molecule has 0 radical (unpaired) electrons. The van der Waals surface area contributed by atoms with Gasteiger partial charge in [0.1, 0.15) is 11.5 Å². The van der Waals surface area contributed by atoms with Gasteiger partial charge in [0.25, 0.3) is 0 Å². The number of nitrogens with one attached hydrogen (secondary N) is 1. The van der Waals surface area contributed by atoms with Gasteiger partial charge in [0.2, 0.25) is 15.9 Å². The zero-order valence-corrected chi connectivity index (χ0v) is 20.4. The summed E-state index contributed by atoms with van der Waals surface area (Å²) in [5.74, 6) is -0.0601. The monoisotopic (exact) mass is 485 g/mol. The van der Waals surface area contributed by atoms with Crippen LogP contribution in [0.5, 0.6) is 0 Å². The molecule has 0 aliphatic carbocycles. The van der Waals surface area contributed by atoms with Gasteiger partial charge in [0.05, 0.1) is 11.5 Å². The predicted octanol–water partition coefficient (Wildman–Crippen LogP) is 2.79. The first-order valence-corrected chi connectivity index (χ1v) is 13.0. The Hall–Kier alpha value is -2.59. The highest BCUT2D eigenvalue weighted by atomic mass is 32.2. The zero-order chi connectivity index (χ0) is 24.3. The minimum absolute atomic E-state index is 0.0398. The van der Waals surface area contributed by atoms with Gasteiger partial charge in [0.15, 0.2) is 0 Å². The maximum absolute atomic E-state index is 13.5. The SMILES string of the molecule is CC(=O)Cc1ccc(S(=O)(=O)N2CCOC23CCN(Cc2ccc(NC(C)=O)cc2)CC3)cc1. The molecule has 2 saturated heterocycles. The van der Waals surface area contributed by atoms with E-state index in [1.54, 1.807) is 24.3 Å². The summed E-state index contributed by atoms with van der Waals surface area (Å²) in [7, 11) is -3.71. The van der Waals surface area contributed by atoms with Crippen molar-refractivity contribution >= 4 is 27.4 Å². The van der Waals surface area contributed by atoms with Gasteiger partial charge >= 0.3 is 0 Å². The largest absolute Gasteiger partial charge is 0.358 e. The third kappa shape index (κ3) is 5.38. The van der Waals surface area contributed by atoms with Gasteiger partial charge in [-0.2, -0.15) is 4.31 Å². The first-order valence-electron chi connectivity index (χ1n) is 11.5. The van der Waals surface area contributed by atoms with Gasteiger partial charge in [0, 0.05) is 58.1 Å². The minimum Gasteiger partial charge on any atom is -0.358 e. The Morgan fingerprint density at radius 3 is 2.15 bits per heavy atom. The highest BCUT2D eigenvalue weighted by Crippen LogP contribution is 2.38. The van der Waals surface area contributed by atoms with Crippen LogP contribution < -0.4 is 5.32 Å². The van der Waals surface area contributed by atoms with Crippen molar-refractivity contribution < 1.29 is 22.7 Å². The molecule has 2 aromatic rings. The molecule has 0 bridgehead atoms. The fraction of sp³-hybridized carbons (Fsp3) is 0.440. The molecular weight excluding hydrogens is 454 g/mol. The summed E-state index contributed by atoms with van der Waals surface area (Å²) in [5.41, 5.74) is 1.89. The van der Waals surface area contributed by atoms with E-state index in [0.29, 0.717) is 32.4 Å². The molecule has 1 N–H and O–H groups in total. The van der Waals surface area contributed by atoms with Crippen LogP contribution in [-0.2, 0) is 37.3 Å². The van der Waals surface area contributed by atoms with Crippen molar-refractivity contribution in [3.8, 4) is 0 Å². The zero-order valence-electron chi connectivity index (χ0n) is 19.6. The Labute approximate surface area is 200 Å². The number of carbonyl (C=O) groups excluding carboxylic acids is 2. The molecule has 2 aromatic carbocycles. The number of ketones is 1. The molecule has 182 valence electrons. The average molecular weight is 486 g/mol. The van der Waals surface area contributed by atoms with Crippen LogP contribution in [0.2, 0.25) is 0 Å². The number of hydrogen-bond donors (Lipinski definition) is 1. The third-order valence-electron chi connectivity index (χ3n) is 6.40. The number of hydrogen-bond acceptors (Lipinski definition) is 6. The van der Waals surface area contributed by atoms with E-state index in [-0.39, 0.29) is 16.6 Å². The van der Waals surface area contributed by atoms with Gasteiger partial charge in [-0.05, 0) is 42.3 Å². The summed E-state index contributed by atoms with van der Waals surface area (Å²) in [5, 5.41) is 2.77. The summed E-state index contributed by atoms with van der Waals surface area (Å²) in [6, 6.07) is 14.3. The number of carbonyl (C=O) groups is 2. The van der Waals surface area contributed by atoms with E-state index in [2.05, 4.69) is 10.2 Å². The quantitative estimate of drug-likeness (QED) is 0.648. The molecule has 2 fully saturated rings. The number of ether oxygens (including phenoxy) is 1. The van der Waals surface area contributed by atoms with Crippen LogP contribution in [0.4, 0.5) is 5.69 Å². The lowest BCUT2D eigenvalue weighted by Crippen LogP contribution is -2.54. The number of sulfonamides is 1. The topological polar surface area (TPSA) is 96.0 Å². The van der Waals surface area contributed by atoms with Crippen LogP contribution in [0, 0.1) is 0 Å². The predicted molar refractivity (Wildman–Crippen MR) is 129 cm³/mol. The number of likely N-dealkylation sites (tertiary alicyclic amines) is 1. The summed E-state index contributed by atoms with van der Waals surface area (Å²) in [6.45, 7) is 5.90. The lowest BCUT2D eigenvalue weighted by molar-refractivity contribution is -0.116.